The number of hydrogen-bond donors (Lipinski definition) is 1. The maximum atomic E-state index is 12.5. The first-order valence-corrected chi connectivity index (χ1v) is 7.12. The molecule has 0 aliphatic heterocycles. The van der Waals surface area contributed by atoms with E-state index in [1.807, 2.05) is 0 Å². The van der Waals surface area contributed by atoms with Crippen LogP contribution in [0.25, 0.3) is 0 Å². The zero-order chi connectivity index (χ0) is 17.1. The second kappa shape index (κ2) is 6.76. The van der Waals surface area contributed by atoms with Crippen LogP contribution in [0.4, 0.5) is 11.4 Å². The number of carbonyl (C=O) groups is 2. The number of nitrogens with one attached hydrogen (secondary N) is 1. The SMILES string of the molecule is CC(=O)Nc1c(Cl)c(C(=O)c2ccccc2)cc([N+](=O)[O-])c1Cl. The summed E-state index contributed by atoms with van der Waals surface area (Å²) in [6, 6.07) is 9.14. The van der Waals surface area contributed by atoms with Gasteiger partial charge in [-0.3, -0.25) is 19.7 Å². The average molecular weight is 353 g/mol. The van der Waals surface area contributed by atoms with E-state index in [2.05, 4.69) is 5.32 Å². The van der Waals surface area contributed by atoms with E-state index in [1.54, 1.807) is 30.3 Å². The van der Waals surface area contributed by atoms with Crippen LogP contribution in [-0.2, 0) is 4.79 Å². The molecule has 118 valence electrons. The van der Waals surface area contributed by atoms with E-state index >= 15 is 0 Å². The van der Waals surface area contributed by atoms with Crippen molar-refractivity contribution >= 4 is 46.3 Å². The van der Waals surface area contributed by atoms with E-state index in [4.69, 9.17) is 23.2 Å². The summed E-state index contributed by atoms with van der Waals surface area (Å²) in [4.78, 5) is 34.2. The first-order valence-electron chi connectivity index (χ1n) is 6.36. The summed E-state index contributed by atoms with van der Waals surface area (Å²) in [6.45, 7) is 1.20. The lowest BCUT2D eigenvalue weighted by atomic mass is 10.0. The Morgan fingerprint density at radius 3 is 2.26 bits per heavy atom. The fourth-order valence-corrected chi connectivity index (χ4v) is 2.55. The normalized spacial score (nSPS) is 10.2. The molecule has 0 radical (unpaired) electrons. The molecule has 0 aliphatic carbocycles. The fourth-order valence-electron chi connectivity index (χ4n) is 1.95. The molecule has 0 aliphatic rings. The standard InChI is InChI=1S/C15H10Cl2N2O4/c1-8(20)18-14-12(16)10(7-11(13(14)17)19(22)23)15(21)9-5-3-2-4-6-9/h2-7H,1H3,(H,18,20). The summed E-state index contributed by atoms with van der Waals surface area (Å²) < 4.78 is 0. The molecule has 2 aromatic carbocycles. The van der Waals surface area contributed by atoms with E-state index in [0.717, 1.165) is 6.07 Å². The minimum absolute atomic E-state index is 0.113. The molecule has 23 heavy (non-hydrogen) atoms. The summed E-state index contributed by atoms with van der Waals surface area (Å²) >= 11 is 12.1. The van der Waals surface area contributed by atoms with Crippen molar-refractivity contribution in [1.29, 1.82) is 0 Å². The maximum absolute atomic E-state index is 12.5. The van der Waals surface area contributed by atoms with Gasteiger partial charge >= 0.3 is 0 Å². The Bertz CT molecular complexity index is 807. The molecule has 1 N–H and O–H groups in total. The number of hydrogen-bond acceptors (Lipinski definition) is 4. The van der Waals surface area contributed by atoms with Crippen molar-refractivity contribution in [2.75, 3.05) is 5.32 Å². The summed E-state index contributed by atoms with van der Waals surface area (Å²) in [7, 11) is 0. The molecule has 6 nitrogen and oxygen atoms in total. The van der Waals surface area contributed by atoms with Gasteiger partial charge in [0.05, 0.1) is 21.2 Å². The van der Waals surface area contributed by atoms with Crippen molar-refractivity contribution in [3.05, 3.63) is 67.7 Å². The van der Waals surface area contributed by atoms with Gasteiger partial charge in [0, 0.05) is 18.6 Å². The van der Waals surface area contributed by atoms with Crippen LogP contribution >= 0.6 is 23.2 Å². The summed E-state index contributed by atoms with van der Waals surface area (Å²) in [6.07, 6.45) is 0. The highest BCUT2D eigenvalue weighted by Gasteiger charge is 2.26. The number of amides is 1. The largest absolute Gasteiger partial charge is 0.324 e. The van der Waals surface area contributed by atoms with Gasteiger partial charge in [-0.1, -0.05) is 53.5 Å². The van der Waals surface area contributed by atoms with Crippen LogP contribution in [0.3, 0.4) is 0 Å². The Labute approximate surface area is 141 Å². The highest BCUT2D eigenvalue weighted by molar-refractivity contribution is 6.43. The number of ketones is 1. The van der Waals surface area contributed by atoms with Crippen molar-refractivity contribution in [3.63, 3.8) is 0 Å². The van der Waals surface area contributed by atoms with Crippen molar-refractivity contribution in [3.8, 4) is 0 Å². The Balaban J connectivity index is 2.68. The predicted octanol–water partition coefficient (Wildman–Crippen LogP) is 4.09. The highest BCUT2D eigenvalue weighted by atomic mass is 35.5. The fraction of sp³-hybridized carbons (Fsp3) is 0.0667. The third-order valence-electron chi connectivity index (χ3n) is 2.96. The Morgan fingerprint density at radius 2 is 1.74 bits per heavy atom. The van der Waals surface area contributed by atoms with Crippen LogP contribution in [0.2, 0.25) is 10.0 Å². The molecular formula is C15H10Cl2N2O4. The number of anilines is 1. The number of benzene rings is 2. The van der Waals surface area contributed by atoms with Crippen LogP contribution < -0.4 is 5.32 Å². The van der Waals surface area contributed by atoms with E-state index in [1.165, 1.54) is 6.92 Å². The molecule has 0 atom stereocenters. The Hall–Kier alpha value is -2.44. The quantitative estimate of drug-likeness (QED) is 0.509. The van der Waals surface area contributed by atoms with Gasteiger partial charge < -0.3 is 5.32 Å². The van der Waals surface area contributed by atoms with E-state index < -0.39 is 22.3 Å². The molecule has 0 bridgehead atoms. The lowest BCUT2D eigenvalue weighted by Gasteiger charge is -2.12. The predicted molar refractivity (Wildman–Crippen MR) is 87.3 cm³/mol. The Morgan fingerprint density at radius 1 is 1.13 bits per heavy atom. The summed E-state index contributed by atoms with van der Waals surface area (Å²) in [5, 5.41) is 13.0. The third kappa shape index (κ3) is 3.49. The molecule has 2 aromatic rings. The number of rotatable bonds is 4. The van der Waals surface area contributed by atoms with E-state index in [9.17, 15) is 19.7 Å². The molecule has 0 unspecified atom stereocenters. The first kappa shape index (κ1) is 16.9. The van der Waals surface area contributed by atoms with Crippen molar-refractivity contribution < 1.29 is 14.5 Å². The molecule has 0 fully saturated rings. The summed E-state index contributed by atoms with van der Waals surface area (Å²) in [5.74, 6) is -1.03. The summed E-state index contributed by atoms with van der Waals surface area (Å²) in [5.41, 5.74) is -0.481. The smallest absolute Gasteiger partial charge is 0.290 e. The molecule has 0 aromatic heterocycles. The van der Waals surface area contributed by atoms with Crippen LogP contribution in [-0.4, -0.2) is 16.6 Å². The molecule has 0 saturated heterocycles. The van der Waals surface area contributed by atoms with Gasteiger partial charge in [0.15, 0.2) is 5.78 Å². The highest BCUT2D eigenvalue weighted by Crippen LogP contribution is 2.41. The van der Waals surface area contributed by atoms with Gasteiger partial charge in [0.1, 0.15) is 5.02 Å². The van der Waals surface area contributed by atoms with Crippen LogP contribution in [0.15, 0.2) is 36.4 Å². The number of nitrogens with zero attached hydrogens (tertiary/aromatic N) is 1. The number of halogens is 2. The van der Waals surface area contributed by atoms with E-state index in [-0.39, 0.29) is 21.3 Å². The molecular weight excluding hydrogens is 343 g/mol. The minimum Gasteiger partial charge on any atom is -0.324 e. The zero-order valence-electron chi connectivity index (χ0n) is 11.8. The second-order valence-electron chi connectivity index (χ2n) is 4.58. The molecule has 2 rings (SSSR count). The first-order chi connectivity index (χ1) is 10.8. The number of carbonyl (C=O) groups excluding carboxylic acids is 2. The average Bonchev–Trinajstić information content (AvgIpc) is 2.51. The monoisotopic (exact) mass is 352 g/mol. The van der Waals surface area contributed by atoms with Crippen molar-refractivity contribution in [2.24, 2.45) is 0 Å². The lowest BCUT2D eigenvalue weighted by molar-refractivity contribution is -0.384. The van der Waals surface area contributed by atoms with Gasteiger partial charge in [0.2, 0.25) is 5.91 Å². The van der Waals surface area contributed by atoms with Crippen molar-refractivity contribution in [2.45, 2.75) is 6.92 Å². The van der Waals surface area contributed by atoms with Crippen LogP contribution in [0, 0.1) is 10.1 Å². The van der Waals surface area contributed by atoms with Crippen molar-refractivity contribution in [1.82, 2.24) is 0 Å². The van der Waals surface area contributed by atoms with Gasteiger partial charge in [0.25, 0.3) is 5.69 Å². The minimum atomic E-state index is -0.744. The lowest BCUT2D eigenvalue weighted by Crippen LogP contribution is -2.11. The molecule has 0 heterocycles. The van der Waals surface area contributed by atoms with Crippen LogP contribution in [0.1, 0.15) is 22.8 Å². The topological polar surface area (TPSA) is 89.3 Å². The maximum Gasteiger partial charge on any atom is 0.290 e. The molecule has 0 saturated carbocycles. The Kier molecular flexibility index (Phi) is 4.98. The van der Waals surface area contributed by atoms with Gasteiger partial charge in [-0.15, -0.1) is 0 Å². The van der Waals surface area contributed by atoms with Gasteiger partial charge in [-0.2, -0.15) is 0 Å². The number of nitro groups is 1. The van der Waals surface area contributed by atoms with Crippen LogP contribution in [0.5, 0.6) is 0 Å². The van der Waals surface area contributed by atoms with Gasteiger partial charge in [-0.25, -0.2) is 0 Å². The molecule has 1 amide bonds. The second-order valence-corrected chi connectivity index (χ2v) is 5.34. The number of nitro benzene ring substituents is 1. The third-order valence-corrected chi connectivity index (χ3v) is 3.73. The van der Waals surface area contributed by atoms with E-state index in [0.29, 0.717) is 5.56 Å². The van der Waals surface area contributed by atoms with Gasteiger partial charge in [-0.05, 0) is 0 Å². The molecule has 0 spiro atoms. The zero-order valence-corrected chi connectivity index (χ0v) is 13.3. The molecule has 8 heteroatoms.